The molecule has 2 aliphatic rings. The topological polar surface area (TPSA) is 52.1 Å². The van der Waals surface area contributed by atoms with E-state index in [1.165, 1.54) is 51.5 Å². The summed E-state index contributed by atoms with van der Waals surface area (Å²) in [6.07, 6.45) is 9.38. The SMILES string of the molecule is OCc1cc(C2CCCN2C2CCCCC2)n[nH]1. The first-order valence-corrected chi connectivity index (χ1v) is 7.29. The van der Waals surface area contributed by atoms with Crippen molar-refractivity contribution in [2.45, 2.75) is 63.6 Å². The Labute approximate surface area is 108 Å². The summed E-state index contributed by atoms with van der Waals surface area (Å²) >= 11 is 0. The molecule has 0 aromatic carbocycles. The van der Waals surface area contributed by atoms with Gasteiger partial charge in [-0.2, -0.15) is 5.10 Å². The van der Waals surface area contributed by atoms with E-state index in [1.807, 2.05) is 6.07 Å². The first-order valence-electron chi connectivity index (χ1n) is 7.29. The van der Waals surface area contributed by atoms with Crippen molar-refractivity contribution in [2.24, 2.45) is 0 Å². The largest absolute Gasteiger partial charge is 0.390 e. The molecule has 2 N–H and O–H groups in total. The molecule has 4 nitrogen and oxygen atoms in total. The van der Waals surface area contributed by atoms with Crippen molar-refractivity contribution >= 4 is 0 Å². The molecular weight excluding hydrogens is 226 g/mol. The predicted octanol–water partition coefficient (Wildman–Crippen LogP) is 2.37. The molecule has 1 unspecified atom stereocenters. The number of aliphatic hydroxyl groups excluding tert-OH is 1. The summed E-state index contributed by atoms with van der Waals surface area (Å²) in [6, 6.07) is 3.27. The molecule has 3 rings (SSSR count). The van der Waals surface area contributed by atoms with Crippen LogP contribution in [0.5, 0.6) is 0 Å². The van der Waals surface area contributed by atoms with Crippen molar-refractivity contribution in [3.05, 3.63) is 17.5 Å². The molecule has 2 fully saturated rings. The molecule has 1 saturated carbocycles. The van der Waals surface area contributed by atoms with Crippen LogP contribution in [-0.2, 0) is 6.61 Å². The highest BCUT2D eigenvalue weighted by atomic mass is 16.3. The van der Waals surface area contributed by atoms with Gasteiger partial charge in [-0.25, -0.2) is 0 Å². The van der Waals surface area contributed by atoms with Crippen LogP contribution < -0.4 is 0 Å². The van der Waals surface area contributed by atoms with Gasteiger partial charge in [0.1, 0.15) is 0 Å². The van der Waals surface area contributed by atoms with Gasteiger partial charge in [-0.1, -0.05) is 19.3 Å². The first-order chi connectivity index (χ1) is 8.88. The maximum Gasteiger partial charge on any atom is 0.0847 e. The molecule has 18 heavy (non-hydrogen) atoms. The molecule has 0 spiro atoms. The fourth-order valence-corrected chi connectivity index (χ4v) is 3.59. The van der Waals surface area contributed by atoms with E-state index < -0.39 is 0 Å². The average molecular weight is 249 g/mol. The van der Waals surface area contributed by atoms with E-state index in [4.69, 9.17) is 5.11 Å². The van der Waals surface area contributed by atoms with Gasteiger partial charge in [0.2, 0.25) is 0 Å². The highest BCUT2D eigenvalue weighted by molar-refractivity contribution is 5.14. The molecule has 1 atom stereocenters. The summed E-state index contributed by atoms with van der Waals surface area (Å²) in [5.41, 5.74) is 1.96. The molecule has 1 aromatic rings. The van der Waals surface area contributed by atoms with Gasteiger partial charge < -0.3 is 5.11 Å². The maximum absolute atomic E-state index is 9.12. The van der Waals surface area contributed by atoms with E-state index >= 15 is 0 Å². The standard InChI is InChI=1S/C14H23N3O/c18-10-11-9-13(16-15-11)14-7-4-8-17(14)12-5-2-1-3-6-12/h9,12,14,18H,1-8,10H2,(H,15,16). The van der Waals surface area contributed by atoms with Crippen molar-refractivity contribution in [3.63, 3.8) is 0 Å². The van der Waals surface area contributed by atoms with Gasteiger partial charge in [0.15, 0.2) is 0 Å². The molecule has 0 bridgehead atoms. The van der Waals surface area contributed by atoms with E-state index in [2.05, 4.69) is 15.1 Å². The molecule has 100 valence electrons. The lowest BCUT2D eigenvalue weighted by Gasteiger charge is -2.34. The molecule has 0 amide bonds. The van der Waals surface area contributed by atoms with E-state index in [-0.39, 0.29) is 6.61 Å². The summed E-state index contributed by atoms with van der Waals surface area (Å²) in [4.78, 5) is 2.66. The minimum absolute atomic E-state index is 0.0587. The highest BCUT2D eigenvalue weighted by Gasteiger charge is 2.33. The van der Waals surface area contributed by atoms with Gasteiger partial charge in [0, 0.05) is 6.04 Å². The summed E-state index contributed by atoms with van der Waals surface area (Å²) in [5, 5.41) is 16.4. The Morgan fingerprint density at radius 2 is 2.06 bits per heavy atom. The molecule has 0 radical (unpaired) electrons. The third kappa shape index (κ3) is 2.31. The number of hydrogen-bond donors (Lipinski definition) is 2. The number of likely N-dealkylation sites (tertiary alicyclic amines) is 1. The number of rotatable bonds is 3. The van der Waals surface area contributed by atoms with Gasteiger partial charge in [0.25, 0.3) is 0 Å². The van der Waals surface area contributed by atoms with Crippen LogP contribution in [0.15, 0.2) is 6.07 Å². The van der Waals surface area contributed by atoms with Crippen LogP contribution in [-0.4, -0.2) is 32.8 Å². The summed E-state index contributed by atoms with van der Waals surface area (Å²) in [6.45, 7) is 1.28. The number of aromatic amines is 1. The van der Waals surface area contributed by atoms with E-state index in [0.29, 0.717) is 6.04 Å². The Morgan fingerprint density at radius 3 is 2.78 bits per heavy atom. The van der Waals surface area contributed by atoms with Crippen LogP contribution in [0.25, 0.3) is 0 Å². The second-order valence-electron chi connectivity index (χ2n) is 5.66. The fraction of sp³-hybridized carbons (Fsp3) is 0.786. The lowest BCUT2D eigenvalue weighted by molar-refractivity contribution is 0.140. The quantitative estimate of drug-likeness (QED) is 0.864. The second kappa shape index (κ2) is 5.41. The molecule has 1 aliphatic carbocycles. The van der Waals surface area contributed by atoms with Crippen LogP contribution in [0.2, 0.25) is 0 Å². The van der Waals surface area contributed by atoms with Crippen LogP contribution in [0.3, 0.4) is 0 Å². The van der Waals surface area contributed by atoms with Gasteiger partial charge in [0.05, 0.1) is 24.0 Å². The molecule has 1 aromatic heterocycles. The maximum atomic E-state index is 9.12. The van der Waals surface area contributed by atoms with Gasteiger partial charge in [-0.15, -0.1) is 0 Å². The third-order valence-corrected chi connectivity index (χ3v) is 4.50. The first kappa shape index (κ1) is 12.2. The predicted molar refractivity (Wildman–Crippen MR) is 70.1 cm³/mol. The Kier molecular flexibility index (Phi) is 3.66. The van der Waals surface area contributed by atoms with Crippen LogP contribution >= 0.6 is 0 Å². The Bertz CT molecular complexity index is 384. The van der Waals surface area contributed by atoms with Crippen molar-refractivity contribution < 1.29 is 5.11 Å². The average Bonchev–Trinajstić information content (AvgIpc) is 3.08. The lowest BCUT2D eigenvalue weighted by atomic mass is 9.93. The number of nitrogens with zero attached hydrogens (tertiary/aromatic N) is 2. The van der Waals surface area contributed by atoms with E-state index in [1.54, 1.807) is 0 Å². The zero-order valence-corrected chi connectivity index (χ0v) is 10.9. The Hall–Kier alpha value is -0.870. The third-order valence-electron chi connectivity index (χ3n) is 4.50. The van der Waals surface area contributed by atoms with Gasteiger partial charge in [-0.05, 0) is 38.3 Å². The highest BCUT2D eigenvalue weighted by Crippen LogP contribution is 2.36. The Balaban J connectivity index is 1.73. The number of nitrogens with one attached hydrogen (secondary N) is 1. The smallest absolute Gasteiger partial charge is 0.0847 e. The van der Waals surface area contributed by atoms with Crippen molar-refractivity contribution in [2.75, 3.05) is 6.54 Å². The number of aromatic nitrogens is 2. The van der Waals surface area contributed by atoms with Gasteiger partial charge >= 0.3 is 0 Å². The minimum atomic E-state index is 0.0587. The van der Waals surface area contributed by atoms with Crippen molar-refractivity contribution in [3.8, 4) is 0 Å². The monoisotopic (exact) mass is 249 g/mol. The molecule has 1 aliphatic heterocycles. The van der Waals surface area contributed by atoms with Crippen molar-refractivity contribution in [1.82, 2.24) is 15.1 Å². The van der Waals surface area contributed by atoms with Crippen LogP contribution in [0, 0.1) is 0 Å². The summed E-state index contributed by atoms with van der Waals surface area (Å²) < 4.78 is 0. The van der Waals surface area contributed by atoms with E-state index in [9.17, 15) is 0 Å². The zero-order chi connectivity index (χ0) is 12.4. The lowest BCUT2D eigenvalue weighted by Crippen LogP contribution is -2.36. The fourth-order valence-electron chi connectivity index (χ4n) is 3.59. The van der Waals surface area contributed by atoms with Gasteiger partial charge in [-0.3, -0.25) is 10.00 Å². The second-order valence-corrected chi connectivity index (χ2v) is 5.66. The normalized spacial score (nSPS) is 26.8. The zero-order valence-electron chi connectivity index (χ0n) is 10.9. The summed E-state index contributed by atoms with van der Waals surface area (Å²) in [7, 11) is 0. The summed E-state index contributed by atoms with van der Waals surface area (Å²) in [5.74, 6) is 0. The number of aliphatic hydroxyl groups is 1. The van der Waals surface area contributed by atoms with Crippen LogP contribution in [0.1, 0.15) is 62.4 Å². The number of hydrogen-bond acceptors (Lipinski definition) is 3. The molecule has 2 heterocycles. The van der Waals surface area contributed by atoms with Crippen LogP contribution in [0.4, 0.5) is 0 Å². The molecule has 4 heteroatoms. The van der Waals surface area contributed by atoms with Crippen molar-refractivity contribution in [1.29, 1.82) is 0 Å². The Morgan fingerprint density at radius 1 is 1.22 bits per heavy atom. The molecular formula is C14H23N3O. The van der Waals surface area contributed by atoms with E-state index in [0.717, 1.165) is 17.4 Å². The number of H-pyrrole nitrogens is 1. The molecule has 1 saturated heterocycles. The minimum Gasteiger partial charge on any atom is -0.390 e.